The Hall–Kier alpha value is -1.86. The Balaban J connectivity index is 2.94. The van der Waals surface area contributed by atoms with E-state index < -0.39 is 4.92 Å². The maximum Gasteiger partial charge on any atom is 0.273 e. The average molecular weight is 254 g/mol. The quantitative estimate of drug-likeness (QED) is 0.346. The predicted molar refractivity (Wildman–Crippen MR) is 70.2 cm³/mol. The van der Waals surface area contributed by atoms with Gasteiger partial charge in [0.15, 0.2) is 0 Å². The molecular weight excluding hydrogens is 236 g/mol. The molecule has 0 amide bonds. The molecule has 2 unspecified atom stereocenters. The van der Waals surface area contributed by atoms with E-state index in [2.05, 4.69) is 10.7 Å². The summed E-state index contributed by atoms with van der Waals surface area (Å²) >= 11 is 0. The molecule has 0 heterocycles. The number of nitrogens with one attached hydrogen (secondary N) is 2. The molecule has 18 heavy (non-hydrogen) atoms. The summed E-state index contributed by atoms with van der Waals surface area (Å²) in [5.41, 5.74) is 3.38. The molecule has 7 heteroatoms. The number of nitrogen functional groups attached to an aromatic ring is 1. The van der Waals surface area contributed by atoms with Gasteiger partial charge in [0.25, 0.3) is 5.69 Å². The maximum atomic E-state index is 10.8. The lowest BCUT2D eigenvalue weighted by molar-refractivity contribution is -0.384. The lowest BCUT2D eigenvalue weighted by Gasteiger charge is -2.20. The first kappa shape index (κ1) is 14.2. The molecule has 1 aromatic carbocycles. The molecule has 100 valence electrons. The van der Waals surface area contributed by atoms with Crippen molar-refractivity contribution in [3.05, 3.63) is 28.3 Å². The fourth-order valence-electron chi connectivity index (χ4n) is 1.45. The van der Waals surface area contributed by atoms with Crippen molar-refractivity contribution in [3.63, 3.8) is 0 Å². The summed E-state index contributed by atoms with van der Waals surface area (Å²) in [5, 5.41) is 22.9. The normalized spacial score (nSPS) is 13.8. The second-order valence-electron chi connectivity index (χ2n) is 4.26. The fourth-order valence-corrected chi connectivity index (χ4v) is 1.45. The van der Waals surface area contributed by atoms with Crippen molar-refractivity contribution < 1.29 is 10.0 Å². The first-order valence-corrected chi connectivity index (χ1v) is 5.61. The molecule has 1 rings (SSSR count). The molecule has 0 aliphatic carbocycles. The van der Waals surface area contributed by atoms with E-state index in [1.54, 1.807) is 6.07 Å². The van der Waals surface area contributed by atoms with Crippen molar-refractivity contribution >= 4 is 17.1 Å². The molecule has 0 saturated heterocycles. The number of nitrogens with two attached hydrogens (primary N) is 1. The Morgan fingerprint density at radius 2 is 2.00 bits per heavy atom. The van der Waals surface area contributed by atoms with Crippen LogP contribution in [0, 0.1) is 16.0 Å². The van der Waals surface area contributed by atoms with Crippen LogP contribution in [0.4, 0.5) is 17.1 Å². The minimum atomic E-state index is -0.480. The summed E-state index contributed by atoms with van der Waals surface area (Å²) in [6, 6.07) is 4.45. The lowest BCUT2D eigenvalue weighted by atomic mass is 10.0. The monoisotopic (exact) mass is 254 g/mol. The van der Waals surface area contributed by atoms with Gasteiger partial charge in [-0.3, -0.25) is 16.0 Å². The number of nitrogens with zero attached hydrogens (tertiary/aromatic N) is 1. The number of nitro groups is 1. The molecule has 0 radical (unpaired) electrons. The van der Waals surface area contributed by atoms with E-state index in [1.807, 2.05) is 13.8 Å². The Morgan fingerprint density at radius 3 is 2.50 bits per heavy atom. The predicted octanol–water partition coefficient (Wildman–Crippen LogP) is 1.31. The van der Waals surface area contributed by atoms with Gasteiger partial charge in [0, 0.05) is 30.5 Å². The molecule has 0 saturated carbocycles. The molecule has 0 fully saturated rings. The standard InChI is InChI=1S/C11H18N4O3/c1-7(6-16)8(2)13-9-3-10(14-12)5-11(4-9)15(17)18/h3-5,7-8,13-14,16H,6,12H2,1-2H3. The van der Waals surface area contributed by atoms with Gasteiger partial charge in [-0.05, 0) is 18.9 Å². The van der Waals surface area contributed by atoms with Crippen molar-refractivity contribution in [2.75, 3.05) is 17.3 Å². The highest BCUT2D eigenvalue weighted by Gasteiger charge is 2.14. The van der Waals surface area contributed by atoms with Crippen molar-refractivity contribution in [1.29, 1.82) is 0 Å². The molecular formula is C11H18N4O3. The Morgan fingerprint density at radius 1 is 1.39 bits per heavy atom. The highest BCUT2D eigenvalue weighted by atomic mass is 16.6. The molecule has 0 aliphatic rings. The molecule has 1 aromatic rings. The topological polar surface area (TPSA) is 113 Å². The number of rotatable bonds is 6. The van der Waals surface area contributed by atoms with Gasteiger partial charge in [-0.1, -0.05) is 6.92 Å². The summed E-state index contributed by atoms with van der Waals surface area (Å²) in [7, 11) is 0. The van der Waals surface area contributed by atoms with Gasteiger partial charge in [0.1, 0.15) is 0 Å². The number of benzene rings is 1. The molecule has 2 atom stereocenters. The van der Waals surface area contributed by atoms with Crippen LogP contribution in [0.1, 0.15) is 13.8 Å². The minimum absolute atomic E-state index is 0.0115. The molecule has 5 N–H and O–H groups in total. The zero-order chi connectivity index (χ0) is 13.7. The SMILES string of the molecule is CC(CO)C(C)Nc1cc(NN)cc([N+](=O)[O-])c1. The highest BCUT2D eigenvalue weighted by Crippen LogP contribution is 2.25. The van der Waals surface area contributed by atoms with Crippen LogP contribution in [0.15, 0.2) is 18.2 Å². The number of aliphatic hydroxyl groups excluding tert-OH is 1. The van der Waals surface area contributed by atoms with Crippen molar-refractivity contribution in [1.82, 2.24) is 0 Å². The summed E-state index contributed by atoms with van der Waals surface area (Å²) in [6.45, 7) is 3.83. The van der Waals surface area contributed by atoms with E-state index in [1.165, 1.54) is 12.1 Å². The van der Waals surface area contributed by atoms with Crippen LogP contribution >= 0.6 is 0 Å². The number of nitro benzene ring substituents is 1. The van der Waals surface area contributed by atoms with Crippen LogP contribution in [0.3, 0.4) is 0 Å². The van der Waals surface area contributed by atoms with E-state index in [0.717, 1.165) is 0 Å². The average Bonchev–Trinajstić information content (AvgIpc) is 2.36. The van der Waals surface area contributed by atoms with E-state index >= 15 is 0 Å². The van der Waals surface area contributed by atoms with Crippen molar-refractivity contribution in [2.45, 2.75) is 19.9 Å². The lowest BCUT2D eigenvalue weighted by Crippen LogP contribution is -2.26. The molecule has 0 aliphatic heterocycles. The second kappa shape index (κ2) is 6.18. The summed E-state index contributed by atoms with van der Waals surface area (Å²) in [5.74, 6) is 5.30. The fraction of sp³-hybridized carbons (Fsp3) is 0.455. The zero-order valence-electron chi connectivity index (χ0n) is 10.4. The maximum absolute atomic E-state index is 10.8. The smallest absolute Gasteiger partial charge is 0.273 e. The van der Waals surface area contributed by atoms with E-state index in [-0.39, 0.29) is 24.3 Å². The number of hydrogen-bond donors (Lipinski definition) is 4. The van der Waals surface area contributed by atoms with Gasteiger partial charge >= 0.3 is 0 Å². The Kier molecular flexibility index (Phi) is 4.87. The van der Waals surface area contributed by atoms with Crippen LogP contribution in [0.2, 0.25) is 0 Å². The van der Waals surface area contributed by atoms with Gasteiger partial charge in [0.05, 0.1) is 10.6 Å². The third kappa shape index (κ3) is 3.57. The van der Waals surface area contributed by atoms with Gasteiger partial charge < -0.3 is 15.8 Å². The van der Waals surface area contributed by atoms with Crippen LogP contribution in [-0.2, 0) is 0 Å². The minimum Gasteiger partial charge on any atom is -0.396 e. The number of hydrogen-bond acceptors (Lipinski definition) is 6. The third-order valence-corrected chi connectivity index (χ3v) is 2.83. The number of hydrazine groups is 1. The highest BCUT2D eigenvalue weighted by molar-refractivity contribution is 5.63. The van der Waals surface area contributed by atoms with Crippen molar-refractivity contribution in [2.24, 2.45) is 11.8 Å². The molecule has 0 aromatic heterocycles. The Labute approximate surface area is 105 Å². The largest absolute Gasteiger partial charge is 0.396 e. The van der Waals surface area contributed by atoms with Crippen molar-refractivity contribution in [3.8, 4) is 0 Å². The van der Waals surface area contributed by atoms with Crippen LogP contribution in [0.5, 0.6) is 0 Å². The van der Waals surface area contributed by atoms with E-state index in [4.69, 9.17) is 10.9 Å². The van der Waals surface area contributed by atoms with Crippen LogP contribution < -0.4 is 16.6 Å². The molecule has 0 bridgehead atoms. The first-order chi connectivity index (χ1) is 8.47. The zero-order valence-corrected chi connectivity index (χ0v) is 10.4. The summed E-state index contributed by atoms with van der Waals surface area (Å²) in [4.78, 5) is 10.3. The van der Waals surface area contributed by atoms with E-state index in [9.17, 15) is 10.1 Å². The Bertz CT molecular complexity index is 425. The van der Waals surface area contributed by atoms with Gasteiger partial charge in [-0.2, -0.15) is 0 Å². The summed E-state index contributed by atoms with van der Waals surface area (Å²) < 4.78 is 0. The second-order valence-corrected chi connectivity index (χ2v) is 4.26. The summed E-state index contributed by atoms with van der Waals surface area (Å²) in [6.07, 6.45) is 0. The van der Waals surface area contributed by atoms with Gasteiger partial charge in [0.2, 0.25) is 0 Å². The molecule has 7 nitrogen and oxygen atoms in total. The van der Waals surface area contributed by atoms with E-state index in [0.29, 0.717) is 11.4 Å². The van der Waals surface area contributed by atoms with Gasteiger partial charge in [-0.15, -0.1) is 0 Å². The van der Waals surface area contributed by atoms with Crippen LogP contribution in [0.25, 0.3) is 0 Å². The third-order valence-electron chi connectivity index (χ3n) is 2.83. The van der Waals surface area contributed by atoms with Crippen LogP contribution in [-0.4, -0.2) is 22.7 Å². The number of anilines is 2. The number of non-ortho nitro benzene ring substituents is 1. The first-order valence-electron chi connectivity index (χ1n) is 5.61. The van der Waals surface area contributed by atoms with Gasteiger partial charge in [-0.25, -0.2) is 0 Å². The number of aliphatic hydroxyl groups is 1. The molecule has 0 spiro atoms.